The van der Waals surface area contributed by atoms with Crippen LogP contribution in [0.1, 0.15) is 53.9 Å². The van der Waals surface area contributed by atoms with E-state index >= 15 is 0 Å². The highest BCUT2D eigenvalue weighted by molar-refractivity contribution is 5.89. The lowest BCUT2D eigenvalue weighted by Crippen LogP contribution is -2.43. The van der Waals surface area contributed by atoms with Crippen molar-refractivity contribution >= 4 is 5.78 Å². The van der Waals surface area contributed by atoms with Gasteiger partial charge in [-0.15, -0.1) is 0 Å². The molecule has 0 bridgehead atoms. The maximum absolute atomic E-state index is 12.5. The van der Waals surface area contributed by atoms with Crippen molar-refractivity contribution in [3.05, 3.63) is 12.2 Å². The fraction of sp³-hybridized carbons (Fsp3) is 0.800. The Labute approximate surface area is 105 Å². The molecule has 0 aromatic heterocycles. The van der Waals surface area contributed by atoms with Crippen LogP contribution < -0.4 is 0 Å². The minimum Gasteiger partial charge on any atom is -0.366 e. The Bertz CT molecular complexity index is 313. The van der Waals surface area contributed by atoms with Crippen LogP contribution in [0.5, 0.6) is 0 Å². The molecule has 0 N–H and O–H groups in total. The van der Waals surface area contributed by atoms with Crippen molar-refractivity contribution in [2.75, 3.05) is 6.61 Å². The van der Waals surface area contributed by atoms with E-state index < -0.39 is 0 Å². The molecule has 0 radical (unpaired) electrons. The standard InChI is InChI=1S/C15H26O2/c1-11(2)10-17-13-12(16)14(3,4)8-7-9-15(13,5)6/h13H,1,7-10H2,2-6H3. The highest BCUT2D eigenvalue weighted by atomic mass is 16.5. The van der Waals surface area contributed by atoms with E-state index in [9.17, 15) is 4.79 Å². The summed E-state index contributed by atoms with van der Waals surface area (Å²) >= 11 is 0. The van der Waals surface area contributed by atoms with Crippen LogP contribution in [0.4, 0.5) is 0 Å². The van der Waals surface area contributed by atoms with Gasteiger partial charge >= 0.3 is 0 Å². The summed E-state index contributed by atoms with van der Waals surface area (Å²) in [6, 6.07) is 0. The first-order chi connectivity index (χ1) is 7.67. The quantitative estimate of drug-likeness (QED) is 0.553. The van der Waals surface area contributed by atoms with E-state index in [2.05, 4.69) is 20.4 Å². The number of carbonyl (C=O) groups excluding carboxylic acids is 1. The second-order valence-electron chi connectivity index (χ2n) is 6.74. The Balaban J connectivity index is 2.91. The van der Waals surface area contributed by atoms with Crippen LogP contribution in [0.15, 0.2) is 12.2 Å². The lowest BCUT2D eigenvalue weighted by atomic mass is 9.77. The summed E-state index contributed by atoms with van der Waals surface area (Å²) in [4.78, 5) is 12.5. The average molecular weight is 238 g/mol. The van der Waals surface area contributed by atoms with E-state index in [-0.39, 0.29) is 22.7 Å². The molecule has 1 saturated carbocycles. The zero-order valence-corrected chi connectivity index (χ0v) is 11.9. The summed E-state index contributed by atoms with van der Waals surface area (Å²) in [6.45, 7) is 14.6. The molecule has 2 heteroatoms. The van der Waals surface area contributed by atoms with Crippen molar-refractivity contribution in [3.63, 3.8) is 0 Å². The van der Waals surface area contributed by atoms with Gasteiger partial charge in [0.25, 0.3) is 0 Å². The van der Waals surface area contributed by atoms with E-state index in [0.29, 0.717) is 6.61 Å². The molecule has 1 aliphatic carbocycles. The first kappa shape index (κ1) is 14.4. The molecule has 1 rings (SSSR count). The summed E-state index contributed by atoms with van der Waals surface area (Å²) < 4.78 is 5.84. The molecular weight excluding hydrogens is 212 g/mol. The van der Waals surface area contributed by atoms with Crippen LogP contribution in [-0.2, 0) is 9.53 Å². The summed E-state index contributed by atoms with van der Waals surface area (Å²) in [5, 5.41) is 0. The molecule has 0 aromatic rings. The highest BCUT2D eigenvalue weighted by Crippen LogP contribution is 2.41. The molecule has 98 valence electrons. The largest absolute Gasteiger partial charge is 0.366 e. The van der Waals surface area contributed by atoms with E-state index in [1.165, 1.54) is 0 Å². The summed E-state index contributed by atoms with van der Waals surface area (Å²) in [5.74, 6) is 0.251. The number of Topliss-reactive ketones (excluding diaryl/α,β-unsaturated/α-hetero) is 1. The summed E-state index contributed by atoms with van der Waals surface area (Å²) in [6.07, 6.45) is 2.81. The van der Waals surface area contributed by atoms with Gasteiger partial charge in [-0.05, 0) is 25.2 Å². The van der Waals surface area contributed by atoms with Crippen LogP contribution in [0.2, 0.25) is 0 Å². The molecular formula is C15H26O2. The Morgan fingerprint density at radius 1 is 1.35 bits per heavy atom. The van der Waals surface area contributed by atoms with Gasteiger partial charge in [0.1, 0.15) is 6.10 Å². The molecule has 1 aliphatic rings. The summed E-state index contributed by atoms with van der Waals surface area (Å²) in [5.41, 5.74) is 0.643. The third kappa shape index (κ3) is 3.41. The van der Waals surface area contributed by atoms with Crippen LogP contribution in [0, 0.1) is 10.8 Å². The van der Waals surface area contributed by atoms with E-state index in [0.717, 1.165) is 24.8 Å². The molecule has 0 amide bonds. The van der Waals surface area contributed by atoms with Crippen molar-refractivity contribution in [2.24, 2.45) is 10.8 Å². The van der Waals surface area contributed by atoms with Crippen LogP contribution in [0.25, 0.3) is 0 Å². The number of rotatable bonds is 3. The molecule has 1 atom stereocenters. The number of ether oxygens (including phenoxy) is 1. The second-order valence-corrected chi connectivity index (χ2v) is 6.74. The molecule has 17 heavy (non-hydrogen) atoms. The minimum absolute atomic E-state index is 0.0691. The van der Waals surface area contributed by atoms with Gasteiger partial charge in [0.05, 0.1) is 6.61 Å². The molecule has 2 nitrogen and oxygen atoms in total. The molecule has 0 heterocycles. The predicted molar refractivity (Wildman–Crippen MR) is 71.0 cm³/mol. The zero-order valence-electron chi connectivity index (χ0n) is 11.9. The van der Waals surface area contributed by atoms with Crippen molar-refractivity contribution < 1.29 is 9.53 Å². The lowest BCUT2D eigenvalue weighted by molar-refractivity contribution is -0.144. The molecule has 0 saturated heterocycles. The predicted octanol–water partition coefficient (Wildman–Crippen LogP) is 3.75. The topological polar surface area (TPSA) is 26.3 Å². The number of carbonyl (C=O) groups is 1. The Hall–Kier alpha value is -0.630. The van der Waals surface area contributed by atoms with Gasteiger partial charge in [-0.1, -0.05) is 46.3 Å². The van der Waals surface area contributed by atoms with Crippen LogP contribution >= 0.6 is 0 Å². The first-order valence-corrected chi connectivity index (χ1v) is 6.47. The lowest BCUT2D eigenvalue weighted by Gasteiger charge is -2.34. The maximum atomic E-state index is 12.5. The van der Waals surface area contributed by atoms with Crippen molar-refractivity contribution in [2.45, 2.75) is 60.0 Å². The molecule has 1 fully saturated rings. The van der Waals surface area contributed by atoms with E-state index in [1.807, 2.05) is 20.8 Å². The first-order valence-electron chi connectivity index (χ1n) is 6.47. The minimum atomic E-state index is -0.295. The fourth-order valence-electron chi connectivity index (χ4n) is 2.48. The highest BCUT2D eigenvalue weighted by Gasteiger charge is 2.45. The van der Waals surface area contributed by atoms with E-state index in [4.69, 9.17) is 4.74 Å². The van der Waals surface area contributed by atoms with Gasteiger partial charge in [-0.25, -0.2) is 0 Å². The van der Waals surface area contributed by atoms with Crippen molar-refractivity contribution in [1.29, 1.82) is 0 Å². The normalized spacial score (nSPS) is 27.6. The maximum Gasteiger partial charge on any atom is 0.167 e. The molecule has 0 aromatic carbocycles. The van der Waals surface area contributed by atoms with Gasteiger partial charge in [-0.2, -0.15) is 0 Å². The fourth-order valence-corrected chi connectivity index (χ4v) is 2.48. The van der Waals surface area contributed by atoms with Gasteiger partial charge in [0, 0.05) is 5.41 Å². The molecule has 0 spiro atoms. The third-order valence-electron chi connectivity index (χ3n) is 3.73. The van der Waals surface area contributed by atoms with Gasteiger partial charge < -0.3 is 4.74 Å². The SMILES string of the molecule is C=C(C)COC1C(=O)C(C)(C)CCCC1(C)C. The number of hydrogen-bond donors (Lipinski definition) is 0. The summed E-state index contributed by atoms with van der Waals surface area (Å²) in [7, 11) is 0. The van der Waals surface area contributed by atoms with Gasteiger partial charge in [0.15, 0.2) is 5.78 Å². The zero-order chi connectivity index (χ0) is 13.3. The third-order valence-corrected chi connectivity index (χ3v) is 3.73. The van der Waals surface area contributed by atoms with Gasteiger partial charge in [-0.3, -0.25) is 4.79 Å². The van der Waals surface area contributed by atoms with Crippen LogP contribution in [0.3, 0.4) is 0 Å². The Morgan fingerprint density at radius 3 is 2.47 bits per heavy atom. The monoisotopic (exact) mass is 238 g/mol. The smallest absolute Gasteiger partial charge is 0.167 e. The van der Waals surface area contributed by atoms with Crippen LogP contribution in [-0.4, -0.2) is 18.5 Å². The van der Waals surface area contributed by atoms with Gasteiger partial charge in [0.2, 0.25) is 0 Å². The number of hydrogen-bond acceptors (Lipinski definition) is 2. The average Bonchev–Trinajstić information content (AvgIpc) is 2.21. The second kappa shape index (κ2) is 4.93. The molecule has 1 unspecified atom stereocenters. The Kier molecular flexibility index (Phi) is 4.19. The molecule has 0 aliphatic heterocycles. The van der Waals surface area contributed by atoms with Crippen molar-refractivity contribution in [3.8, 4) is 0 Å². The number of ketones is 1. The Morgan fingerprint density at radius 2 is 1.94 bits per heavy atom. The van der Waals surface area contributed by atoms with Crippen molar-refractivity contribution in [1.82, 2.24) is 0 Å². The van der Waals surface area contributed by atoms with E-state index in [1.54, 1.807) is 0 Å².